The number of anilines is 3. The Labute approximate surface area is 384 Å². The van der Waals surface area contributed by atoms with Gasteiger partial charge in [-0.1, -0.05) is 84.4 Å². The lowest BCUT2D eigenvalue weighted by atomic mass is 10.1. The minimum absolute atomic E-state index is 0.0399. The van der Waals surface area contributed by atoms with Crippen molar-refractivity contribution in [3.05, 3.63) is 137 Å². The normalized spacial score (nSPS) is 13.8. The number of nitrogens with one attached hydrogen (secondary N) is 1. The van der Waals surface area contributed by atoms with E-state index in [1.165, 1.54) is 36.0 Å². The summed E-state index contributed by atoms with van der Waals surface area (Å²) in [4.78, 5) is 42.7. The second kappa shape index (κ2) is 29.9. The second-order valence-corrected chi connectivity index (χ2v) is 14.8. The number of fused-ring (bicyclic) bond motifs is 1. The van der Waals surface area contributed by atoms with Gasteiger partial charge >= 0.3 is 0 Å². The quantitative estimate of drug-likeness (QED) is 0.0902. The summed E-state index contributed by atoms with van der Waals surface area (Å²) in [5, 5.41) is 2.00. The fraction of sp³-hybridized carbons (Fsp3) is 0.380. The maximum atomic E-state index is 13.9. The predicted molar refractivity (Wildman–Crippen MR) is 261 cm³/mol. The van der Waals surface area contributed by atoms with E-state index in [-0.39, 0.29) is 28.8 Å². The standard InChI is InChI=1S/C37H35ClF2N4O5S.C4H8.C3H6.3C2H6/c1-3-49-32-15-21(5-9-31(32)48-2)10-11-42-34(45)19-33-37(47)44(26-6-7-28(38)27(18-26)36(41)46)35(50-33)16-22-4-8-29-30(14-22)43(29)20-23-12-24(39)17-25(40)13-23;1-3-4-2;1-3-2;3*1-2/h4-9,12-15,17-18,33,35H,3,10-11,16,19-20H2,1-2H3,(H2,41,46)(H,42,45);3H,1,4H2,2H3;3H,1H2,2H3;3*1-2H3. The summed E-state index contributed by atoms with van der Waals surface area (Å²) in [5.41, 5.74) is 10.4. The SMILES string of the molecule is C=CC.C=CCC.CC.CC.CC.CCOc1cc(CCNC(=O)CC2SC(Cc3ccc4c(c3)N4Cc3cc(F)cc(F)c3)N(c3ccc(Cl)c(C(N)=O)c3)C2=O)ccc1OC. The van der Waals surface area contributed by atoms with E-state index in [1.807, 2.05) is 103 Å². The van der Waals surface area contributed by atoms with Crippen molar-refractivity contribution in [1.82, 2.24) is 5.32 Å². The number of amides is 3. The van der Waals surface area contributed by atoms with Crippen molar-refractivity contribution < 1.29 is 32.6 Å². The number of hydrogen-bond acceptors (Lipinski definition) is 7. The van der Waals surface area contributed by atoms with Crippen LogP contribution >= 0.6 is 23.4 Å². The number of rotatable bonds is 15. The Morgan fingerprint density at radius 1 is 0.873 bits per heavy atom. The molecule has 1 saturated heterocycles. The number of hydrogen-bond donors (Lipinski definition) is 2. The average Bonchev–Trinajstić information content (AvgIpc) is 3.86. The first-order valence-corrected chi connectivity index (χ1v) is 22.9. The Morgan fingerprint density at radius 3 is 2.06 bits per heavy atom. The highest BCUT2D eigenvalue weighted by Gasteiger charge is 2.42. The lowest BCUT2D eigenvalue weighted by Gasteiger charge is -2.24. The van der Waals surface area contributed by atoms with Crippen molar-refractivity contribution in [3.8, 4) is 11.5 Å². The summed E-state index contributed by atoms with van der Waals surface area (Å²) in [6, 6.07) is 19.6. The number of nitrogens with zero attached hydrogens (tertiary/aromatic N) is 2. The van der Waals surface area contributed by atoms with Crippen LogP contribution in [0.4, 0.5) is 25.8 Å². The number of thioether (sulfide) groups is 1. The van der Waals surface area contributed by atoms with Gasteiger partial charge in [-0.05, 0) is 98.0 Å². The van der Waals surface area contributed by atoms with Gasteiger partial charge in [-0.2, -0.15) is 0 Å². The molecule has 6 rings (SSSR count). The Balaban J connectivity index is 0.00000137. The Hall–Kier alpha value is -5.33. The van der Waals surface area contributed by atoms with Crippen LogP contribution < -0.4 is 30.3 Å². The summed E-state index contributed by atoms with van der Waals surface area (Å²) < 4.78 is 38.5. The van der Waals surface area contributed by atoms with Crippen LogP contribution in [0, 0.1) is 11.6 Å². The Morgan fingerprint density at radius 2 is 1.49 bits per heavy atom. The number of carbonyl (C=O) groups is 3. The number of allylic oxidation sites excluding steroid dienone is 2. The fourth-order valence-electron chi connectivity index (χ4n) is 6.11. The van der Waals surface area contributed by atoms with Gasteiger partial charge in [0.2, 0.25) is 17.7 Å². The molecular formula is C50H67ClF2N4O5S. The van der Waals surface area contributed by atoms with Crippen LogP contribution in [0.3, 0.4) is 0 Å². The third kappa shape index (κ3) is 17.0. The van der Waals surface area contributed by atoms with Crippen LogP contribution in [-0.4, -0.2) is 48.6 Å². The van der Waals surface area contributed by atoms with Crippen molar-refractivity contribution >= 4 is 58.1 Å². The van der Waals surface area contributed by atoms with Crippen molar-refractivity contribution in [2.75, 3.05) is 30.1 Å². The van der Waals surface area contributed by atoms with Crippen LogP contribution in [0.2, 0.25) is 5.02 Å². The van der Waals surface area contributed by atoms with Crippen LogP contribution in [-0.2, 0) is 29.0 Å². The Kier molecular flexibility index (Phi) is 26.4. The molecule has 63 heavy (non-hydrogen) atoms. The van der Waals surface area contributed by atoms with E-state index in [4.69, 9.17) is 26.8 Å². The number of methoxy groups -OCH3 is 1. The van der Waals surface area contributed by atoms with Gasteiger partial charge in [0.25, 0.3) is 0 Å². The molecular weight excluding hydrogens is 842 g/mol. The first-order valence-electron chi connectivity index (χ1n) is 21.5. The summed E-state index contributed by atoms with van der Waals surface area (Å²) in [7, 11) is 1.58. The molecule has 0 bridgehead atoms. The van der Waals surface area contributed by atoms with Crippen LogP contribution in [0.15, 0.2) is 98.1 Å². The van der Waals surface area contributed by atoms with Crippen molar-refractivity contribution in [1.29, 1.82) is 0 Å². The summed E-state index contributed by atoms with van der Waals surface area (Å²) >= 11 is 7.59. The molecule has 2 aliphatic heterocycles. The molecule has 2 aliphatic rings. The highest BCUT2D eigenvalue weighted by molar-refractivity contribution is 8.02. The van der Waals surface area contributed by atoms with Gasteiger partial charge < -0.3 is 25.4 Å². The van der Waals surface area contributed by atoms with E-state index in [0.29, 0.717) is 55.3 Å². The molecule has 3 amide bonds. The molecule has 0 saturated carbocycles. The highest BCUT2D eigenvalue weighted by Crippen LogP contribution is 2.50. The smallest absolute Gasteiger partial charge is 0.250 e. The number of halogens is 3. The third-order valence-electron chi connectivity index (χ3n) is 8.78. The molecule has 0 radical (unpaired) electrons. The van der Waals surface area contributed by atoms with E-state index >= 15 is 0 Å². The fourth-order valence-corrected chi connectivity index (χ4v) is 7.81. The molecule has 0 aromatic heterocycles. The van der Waals surface area contributed by atoms with Crippen molar-refractivity contribution in [2.24, 2.45) is 5.73 Å². The van der Waals surface area contributed by atoms with Crippen LogP contribution in [0.25, 0.3) is 0 Å². The van der Waals surface area contributed by atoms with Gasteiger partial charge in [-0.15, -0.1) is 24.9 Å². The van der Waals surface area contributed by atoms with Gasteiger partial charge in [0, 0.05) is 37.7 Å². The molecule has 13 heteroatoms. The molecule has 3 N–H and O–H groups in total. The zero-order chi connectivity index (χ0) is 47.6. The molecule has 0 aliphatic carbocycles. The Bertz CT molecular complexity index is 2060. The molecule has 2 heterocycles. The van der Waals surface area contributed by atoms with E-state index in [2.05, 4.69) is 25.4 Å². The number of carbonyl (C=O) groups excluding carboxylic acids is 3. The highest BCUT2D eigenvalue weighted by atomic mass is 35.5. The first kappa shape index (κ1) is 55.7. The van der Waals surface area contributed by atoms with Gasteiger partial charge in [0.05, 0.1) is 46.3 Å². The third-order valence-corrected chi connectivity index (χ3v) is 10.5. The lowest BCUT2D eigenvalue weighted by Crippen LogP contribution is -2.37. The van der Waals surface area contributed by atoms with Gasteiger partial charge in [-0.3, -0.25) is 19.3 Å². The van der Waals surface area contributed by atoms with Crippen molar-refractivity contribution in [3.63, 3.8) is 0 Å². The monoisotopic (exact) mass is 908 g/mol. The van der Waals surface area contributed by atoms with E-state index in [9.17, 15) is 23.2 Å². The number of primary amides is 1. The molecule has 2 unspecified atom stereocenters. The minimum Gasteiger partial charge on any atom is -0.493 e. The molecule has 4 aromatic rings. The summed E-state index contributed by atoms with van der Waals surface area (Å²) in [5.74, 6) is -1.26. The van der Waals surface area contributed by atoms with Gasteiger partial charge in [0.1, 0.15) is 11.6 Å². The largest absolute Gasteiger partial charge is 0.493 e. The van der Waals surface area contributed by atoms with Crippen LogP contribution in [0.5, 0.6) is 11.5 Å². The second-order valence-electron chi connectivity index (χ2n) is 13.0. The average molecular weight is 910 g/mol. The predicted octanol–water partition coefficient (Wildman–Crippen LogP) is 12.4. The lowest BCUT2D eigenvalue weighted by molar-refractivity contribution is -0.124. The van der Waals surface area contributed by atoms with E-state index < -0.39 is 28.2 Å². The molecule has 4 aromatic carbocycles. The summed E-state index contributed by atoms with van der Waals surface area (Å²) in [6.45, 7) is 25.9. The molecule has 0 spiro atoms. The number of ether oxygens (including phenoxy) is 2. The van der Waals surface area contributed by atoms with Crippen molar-refractivity contribution in [2.45, 2.75) is 105 Å². The van der Waals surface area contributed by atoms with Gasteiger partial charge in [0.15, 0.2) is 11.5 Å². The zero-order valence-corrected chi connectivity index (χ0v) is 40.2. The topological polar surface area (TPSA) is 114 Å². The molecule has 1 fully saturated rings. The van der Waals surface area contributed by atoms with Crippen LogP contribution in [0.1, 0.15) is 102 Å². The first-order chi connectivity index (χ1) is 30.4. The number of benzene rings is 4. The molecule has 2 atom stereocenters. The minimum atomic E-state index is -0.724. The van der Waals surface area contributed by atoms with E-state index in [0.717, 1.165) is 35.0 Å². The zero-order valence-electron chi connectivity index (χ0n) is 38.7. The maximum Gasteiger partial charge on any atom is 0.250 e. The molecule has 9 nitrogen and oxygen atoms in total. The van der Waals surface area contributed by atoms with E-state index in [1.54, 1.807) is 24.2 Å². The number of nitrogens with two attached hydrogens (primary N) is 1. The summed E-state index contributed by atoms with van der Waals surface area (Å²) in [6.07, 6.45) is 5.65. The molecule has 344 valence electrons. The van der Waals surface area contributed by atoms with Gasteiger partial charge in [-0.25, -0.2) is 8.78 Å². The maximum absolute atomic E-state index is 13.9.